The first kappa shape index (κ1) is 21.0. The highest BCUT2D eigenvalue weighted by Crippen LogP contribution is 2.23. The molecule has 7 nitrogen and oxygen atoms in total. The fourth-order valence-electron chi connectivity index (χ4n) is 4.45. The molecule has 3 aromatic rings. The topological polar surface area (TPSA) is 72.5 Å². The van der Waals surface area contributed by atoms with E-state index in [2.05, 4.69) is 27.2 Å². The number of para-hydroxylation sites is 1. The lowest BCUT2D eigenvalue weighted by Gasteiger charge is -2.36. The van der Waals surface area contributed by atoms with E-state index in [4.69, 9.17) is 0 Å². The van der Waals surface area contributed by atoms with Crippen LogP contribution in [0.15, 0.2) is 66.7 Å². The Labute approximate surface area is 193 Å². The number of H-pyrrole nitrogens is 1. The number of aromatic amines is 1. The molecule has 33 heavy (non-hydrogen) atoms. The zero-order valence-electron chi connectivity index (χ0n) is 18.5. The summed E-state index contributed by atoms with van der Waals surface area (Å²) in [4.78, 5) is 32.0. The van der Waals surface area contributed by atoms with Crippen molar-refractivity contribution in [2.24, 2.45) is 0 Å². The molecule has 0 spiro atoms. The van der Waals surface area contributed by atoms with Gasteiger partial charge in [-0.1, -0.05) is 48.5 Å². The average molecular weight is 442 g/mol. The Kier molecular flexibility index (Phi) is 5.93. The van der Waals surface area contributed by atoms with E-state index in [0.717, 1.165) is 29.9 Å². The van der Waals surface area contributed by atoms with Crippen molar-refractivity contribution in [1.82, 2.24) is 20.0 Å². The number of amides is 2. The van der Waals surface area contributed by atoms with E-state index in [1.165, 1.54) is 5.69 Å². The summed E-state index contributed by atoms with van der Waals surface area (Å²) >= 11 is 0. The summed E-state index contributed by atoms with van der Waals surface area (Å²) in [6.45, 7) is 3.88. The van der Waals surface area contributed by atoms with Crippen LogP contribution in [-0.4, -0.2) is 64.5 Å². The minimum atomic E-state index is -0.0608. The Bertz CT molecular complexity index is 1150. The summed E-state index contributed by atoms with van der Waals surface area (Å²) in [5.41, 5.74) is 4.41. The van der Waals surface area contributed by atoms with E-state index in [1.54, 1.807) is 11.0 Å². The van der Waals surface area contributed by atoms with Crippen molar-refractivity contribution < 1.29 is 9.59 Å². The Hall–Kier alpha value is -3.87. The Morgan fingerprint density at radius 3 is 2.27 bits per heavy atom. The van der Waals surface area contributed by atoms with Crippen molar-refractivity contribution >= 4 is 23.6 Å². The molecule has 0 saturated carbocycles. The Balaban J connectivity index is 1.24. The summed E-state index contributed by atoms with van der Waals surface area (Å²) in [6, 6.07) is 20.0. The maximum atomic E-state index is 13.3. The average Bonchev–Trinajstić information content (AvgIpc) is 3.31. The number of nitrogens with one attached hydrogen (secondary N) is 1. The molecule has 5 rings (SSSR count). The lowest BCUT2D eigenvalue weighted by Crippen LogP contribution is -2.49. The van der Waals surface area contributed by atoms with Gasteiger partial charge in [0.05, 0.1) is 6.54 Å². The molecular weight excluding hydrogens is 414 g/mol. The van der Waals surface area contributed by atoms with Gasteiger partial charge in [0.25, 0.3) is 5.91 Å². The van der Waals surface area contributed by atoms with Crippen molar-refractivity contribution in [3.05, 3.63) is 89.3 Å². The van der Waals surface area contributed by atoms with Crippen LogP contribution in [0.4, 0.5) is 5.69 Å². The molecule has 0 bridgehead atoms. The monoisotopic (exact) mass is 441 g/mol. The van der Waals surface area contributed by atoms with Gasteiger partial charge in [-0.3, -0.25) is 14.7 Å². The highest BCUT2D eigenvalue weighted by molar-refractivity contribution is 5.95. The van der Waals surface area contributed by atoms with E-state index in [1.807, 2.05) is 59.5 Å². The maximum Gasteiger partial charge on any atom is 0.274 e. The third-order valence-corrected chi connectivity index (χ3v) is 6.35. The number of benzene rings is 2. The normalized spacial score (nSPS) is 16.2. The first-order valence-corrected chi connectivity index (χ1v) is 11.4. The van der Waals surface area contributed by atoms with Crippen LogP contribution >= 0.6 is 0 Å². The molecule has 168 valence electrons. The number of hydrogen-bond donors (Lipinski definition) is 1. The number of carbonyl (C=O) groups is 2. The van der Waals surface area contributed by atoms with Crippen LogP contribution in [0.3, 0.4) is 0 Å². The standard InChI is InChI=1S/C26H27N5O2/c32-24(12-11-20-7-3-1-4-8-20)31-14-13-23-22(19-31)25(28-27-23)26(33)30-17-15-29(16-18-30)21-9-5-2-6-10-21/h1-12H,13-19H2,(H,27,28)/b12-11+. The van der Waals surface area contributed by atoms with Crippen LogP contribution in [0.2, 0.25) is 0 Å². The van der Waals surface area contributed by atoms with Gasteiger partial charge in [0.1, 0.15) is 0 Å². The second kappa shape index (κ2) is 9.32. The lowest BCUT2D eigenvalue weighted by atomic mass is 10.0. The number of rotatable bonds is 4. The minimum absolute atomic E-state index is 0.0550. The van der Waals surface area contributed by atoms with Gasteiger partial charge in [0.15, 0.2) is 5.69 Å². The summed E-state index contributed by atoms with van der Waals surface area (Å²) in [5.74, 6) is -0.116. The van der Waals surface area contributed by atoms with Crippen LogP contribution in [0.25, 0.3) is 6.08 Å². The number of hydrogen-bond acceptors (Lipinski definition) is 4. The van der Waals surface area contributed by atoms with Crippen molar-refractivity contribution in [2.45, 2.75) is 13.0 Å². The van der Waals surface area contributed by atoms with Crippen LogP contribution in [0.1, 0.15) is 27.3 Å². The summed E-state index contributed by atoms with van der Waals surface area (Å²) < 4.78 is 0. The fourth-order valence-corrected chi connectivity index (χ4v) is 4.45. The van der Waals surface area contributed by atoms with Crippen molar-refractivity contribution in [1.29, 1.82) is 0 Å². The molecule has 2 amide bonds. The maximum absolute atomic E-state index is 13.3. The van der Waals surface area contributed by atoms with Gasteiger partial charge >= 0.3 is 0 Å². The molecule has 1 saturated heterocycles. The molecule has 3 heterocycles. The van der Waals surface area contributed by atoms with Gasteiger partial charge in [-0.25, -0.2) is 0 Å². The third-order valence-electron chi connectivity index (χ3n) is 6.35. The van der Waals surface area contributed by atoms with Gasteiger partial charge < -0.3 is 14.7 Å². The van der Waals surface area contributed by atoms with Gasteiger partial charge in [0, 0.05) is 62.2 Å². The highest BCUT2D eigenvalue weighted by Gasteiger charge is 2.30. The summed E-state index contributed by atoms with van der Waals surface area (Å²) in [5, 5.41) is 7.39. The zero-order chi connectivity index (χ0) is 22.6. The number of aromatic nitrogens is 2. The van der Waals surface area contributed by atoms with E-state index < -0.39 is 0 Å². The Morgan fingerprint density at radius 2 is 1.55 bits per heavy atom. The number of piperazine rings is 1. The molecule has 1 aromatic heterocycles. The second-order valence-electron chi connectivity index (χ2n) is 8.40. The second-order valence-corrected chi connectivity index (χ2v) is 8.40. The fraction of sp³-hybridized carbons (Fsp3) is 0.269. The molecular formula is C26H27N5O2. The molecule has 0 radical (unpaired) electrons. The number of anilines is 1. The van der Waals surface area contributed by atoms with Crippen LogP contribution < -0.4 is 4.90 Å². The number of fused-ring (bicyclic) bond motifs is 1. The van der Waals surface area contributed by atoms with Gasteiger partial charge in [-0.2, -0.15) is 5.10 Å². The lowest BCUT2D eigenvalue weighted by molar-refractivity contribution is -0.126. The van der Waals surface area contributed by atoms with E-state index >= 15 is 0 Å². The minimum Gasteiger partial charge on any atom is -0.368 e. The molecule has 1 fully saturated rings. The van der Waals surface area contributed by atoms with Crippen LogP contribution in [0.5, 0.6) is 0 Å². The zero-order valence-corrected chi connectivity index (χ0v) is 18.5. The smallest absolute Gasteiger partial charge is 0.274 e. The number of carbonyl (C=O) groups excluding carboxylic acids is 2. The highest BCUT2D eigenvalue weighted by atomic mass is 16.2. The predicted molar refractivity (Wildman–Crippen MR) is 128 cm³/mol. The van der Waals surface area contributed by atoms with Crippen LogP contribution in [-0.2, 0) is 17.8 Å². The number of nitrogens with zero attached hydrogens (tertiary/aromatic N) is 4. The van der Waals surface area contributed by atoms with E-state index in [-0.39, 0.29) is 11.8 Å². The quantitative estimate of drug-likeness (QED) is 0.632. The Morgan fingerprint density at radius 1 is 0.848 bits per heavy atom. The molecule has 0 unspecified atom stereocenters. The predicted octanol–water partition coefficient (Wildman–Crippen LogP) is 2.97. The summed E-state index contributed by atoms with van der Waals surface area (Å²) in [7, 11) is 0. The van der Waals surface area contributed by atoms with Crippen LogP contribution in [0, 0.1) is 0 Å². The summed E-state index contributed by atoms with van der Waals surface area (Å²) in [6.07, 6.45) is 4.10. The largest absolute Gasteiger partial charge is 0.368 e. The molecule has 7 heteroatoms. The van der Waals surface area contributed by atoms with Gasteiger partial charge in [0.2, 0.25) is 5.91 Å². The first-order chi connectivity index (χ1) is 16.2. The van der Waals surface area contributed by atoms with Crippen molar-refractivity contribution in [2.75, 3.05) is 37.6 Å². The third kappa shape index (κ3) is 4.53. The molecule has 2 aromatic carbocycles. The van der Waals surface area contributed by atoms with E-state index in [9.17, 15) is 9.59 Å². The van der Waals surface area contributed by atoms with E-state index in [0.29, 0.717) is 38.3 Å². The molecule has 0 atom stereocenters. The van der Waals surface area contributed by atoms with Crippen molar-refractivity contribution in [3.63, 3.8) is 0 Å². The molecule has 1 N–H and O–H groups in total. The van der Waals surface area contributed by atoms with Gasteiger partial charge in [-0.15, -0.1) is 0 Å². The molecule has 0 aliphatic carbocycles. The first-order valence-electron chi connectivity index (χ1n) is 11.4. The SMILES string of the molecule is O=C(/C=C/c1ccccc1)N1CCc2[nH]nc(C(=O)N3CCN(c4ccccc4)CC3)c2C1. The molecule has 2 aliphatic rings. The van der Waals surface area contributed by atoms with Gasteiger partial charge in [-0.05, 0) is 23.8 Å². The molecule has 2 aliphatic heterocycles. The van der Waals surface area contributed by atoms with Crippen molar-refractivity contribution in [3.8, 4) is 0 Å².